The molecule has 0 amide bonds. The first-order chi connectivity index (χ1) is 18.3. The van der Waals surface area contributed by atoms with E-state index in [1.54, 1.807) is 30.1 Å². The number of fused-ring (bicyclic) bond motifs is 2. The van der Waals surface area contributed by atoms with Crippen molar-refractivity contribution in [3.05, 3.63) is 76.4 Å². The van der Waals surface area contributed by atoms with E-state index in [0.717, 1.165) is 35.9 Å². The number of ether oxygens (including phenoxy) is 1. The molecular formula is C27H26Cl2FN7O. The van der Waals surface area contributed by atoms with Gasteiger partial charge in [0, 0.05) is 59.3 Å². The van der Waals surface area contributed by atoms with Crippen LogP contribution < -0.4 is 15.4 Å². The molecule has 11 heteroatoms. The Kier molecular flexibility index (Phi) is 6.37. The molecule has 6 rings (SSSR count). The normalized spacial score (nSPS) is 19.8. The van der Waals surface area contributed by atoms with Crippen LogP contribution in [0.25, 0.3) is 16.9 Å². The molecule has 3 atom stereocenters. The highest BCUT2D eigenvalue weighted by molar-refractivity contribution is 6.36. The molecule has 4 aromatic rings. The summed E-state index contributed by atoms with van der Waals surface area (Å²) < 4.78 is 21.8. The summed E-state index contributed by atoms with van der Waals surface area (Å²) in [5.41, 5.74) is 8.00. The van der Waals surface area contributed by atoms with Gasteiger partial charge in [-0.05, 0) is 50.7 Å². The second-order valence-corrected chi connectivity index (χ2v) is 10.6. The molecule has 3 aromatic heterocycles. The Balaban J connectivity index is 1.24. The van der Waals surface area contributed by atoms with Crippen LogP contribution in [-0.2, 0) is 0 Å². The van der Waals surface area contributed by atoms with Gasteiger partial charge in [-0.3, -0.25) is 4.90 Å². The minimum atomic E-state index is -0.666. The minimum Gasteiger partial charge on any atom is -0.482 e. The largest absolute Gasteiger partial charge is 0.482 e. The molecule has 2 N–H and O–H groups in total. The highest BCUT2D eigenvalue weighted by Crippen LogP contribution is 2.37. The maximum atomic E-state index is 14.0. The van der Waals surface area contributed by atoms with Crippen LogP contribution in [-0.4, -0.2) is 56.9 Å². The minimum absolute atomic E-state index is 0.0857. The lowest BCUT2D eigenvalue weighted by Gasteiger charge is -2.32. The maximum absolute atomic E-state index is 14.0. The lowest BCUT2D eigenvalue weighted by molar-refractivity contribution is 0.227. The summed E-state index contributed by atoms with van der Waals surface area (Å²) in [7, 11) is 2.19. The van der Waals surface area contributed by atoms with Gasteiger partial charge in [0.15, 0.2) is 17.4 Å². The van der Waals surface area contributed by atoms with Crippen molar-refractivity contribution in [2.24, 2.45) is 0 Å². The summed E-state index contributed by atoms with van der Waals surface area (Å²) in [5.74, 6) is 1.64. The van der Waals surface area contributed by atoms with Crippen molar-refractivity contribution >= 4 is 34.8 Å². The molecule has 0 unspecified atom stereocenters. The van der Waals surface area contributed by atoms with Crippen molar-refractivity contribution in [1.29, 1.82) is 0 Å². The Morgan fingerprint density at radius 1 is 1.08 bits per heavy atom. The second-order valence-electron chi connectivity index (χ2n) is 9.79. The maximum Gasteiger partial charge on any atom is 0.166 e. The van der Waals surface area contributed by atoms with Crippen molar-refractivity contribution in [2.75, 3.05) is 30.8 Å². The lowest BCUT2D eigenvalue weighted by atomic mass is 10.1. The number of hydrogen-bond acceptors (Lipinski definition) is 7. The number of rotatable bonds is 6. The molecule has 2 aliphatic rings. The quantitative estimate of drug-likeness (QED) is 0.320. The van der Waals surface area contributed by atoms with Gasteiger partial charge in [-0.1, -0.05) is 29.3 Å². The van der Waals surface area contributed by atoms with Crippen LogP contribution in [0.5, 0.6) is 5.75 Å². The molecule has 2 aliphatic heterocycles. The van der Waals surface area contributed by atoms with Gasteiger partial charge in [0.1, 0.15) is 17.7 Å². The van der Waals surface area contributed by atoms with E-state index in [1.807, 2.05) is 18.3 Å². The van der Waals surface area contributed by atoms with Gasteiger partial charge in [0.25, 0.3) is 0 Å². The van der Waals surface area contributed by atoms with Crippen LogP contribution >= 0.6 is 23.2 Å². The highest BCUT2D eigenvalue weighted by Gasteiger charge is 2.41. The van der Waals surface area contributed by atoms with Crippen molar-refractivity contribution in [3.8, 4) is 22.7 Å². The van der Waals surface area contributed by atoms with Gasteiger partial charge < -0.3 is 15.4 Å². The zero-order valence-electron chi connectivity index (χ0n) is 20.9. The van der Waals surface area contributed by atoms with E-state index in [9.17, 15) is 4.39 Å². The Bertz CT molecular complexity index is 1510. The van der Waals surface area contributed by atoms with E-state index in [-0.39, 0.29) is 10.8 Å². The standard InChI is InChI=1S/C27H26Cl2FN7O/c1-15(25-20(28)6-7-21(30)26(25)29)38-22-8-16(10-32-27(22)31)17-11-33-37(12-17)24-5-3-4-23(34-24)36-14-18-9-19(36)13-35(18)2/h3-8,10-12,15,18-19H,9,13-14H2,1-2H3,(H2,31,32)/t15-,18-,19-/m0/s1. The Hall–Kier alpha value is -3.40. The lowest BCUT2D eigenvalue weighted by Crippen LogP contribution is -2.44. The van der Waals surface area contributed by atoms with Gasteiger partial charge in [0.05, 0.1) is 11.2 Å². The Morgan fingerprint density at radius 3 is 2.66 bits per heavy atom. The number of anilines is 2. The molecule has 8 nitrogen and oxygen atoms in total. The number of piperazine rings is 1. The number of pyridine rings is 2. The van der Waals surface area contributed by atoms with Crippen LogP contribution in [0.2, 0.25) is 10.0 Å². The summed E-state index contributed by atoms with van der Waals surface area (Å²) in [6, 6.07) is 11.5. The molecule has 0 spiro atoms. The fraction of sp³-hybridized carbons (Fsp3) is 0.296. The molecule has 2 fully saturated rings. The number of nitrogen functional groups attached to an aromatic ring is 1. The van der Waals surface area contributed by atoms with Gasteiger partial charge in [0.2, 0.25) is 0 Å². The van der Waals surface area contributed by atoms with Gasteiger partial charge in [-0.25, -0.2) is 19.0 Å². The molecule has 1 aromatic carbocycles. The van der Waals surface area contributed by atoms with Gasteiger partial charge in [-0.2, -0.15) is 5.10 Å². The van der Waals surface area contributed by atoms with E-state index in [4.69, 9.17) is 38.7 Å². The number of nitrogens with zero attached hydrogens (tertiary/aromatic N) is 6. The van der Waals surface area contributed by atoms with E-state index < -0.39 is 11.9 Å². The van der Waals surface area contributed by atoms with E-state index in [2.05, 4.69) is 33.0 Å². The number of nitrogens with two attached hydrogens (primary N) is 1. The Labute approximate surface area is 229 Å². The average molecular weight is 554 g/mol. The predicted octanol–water partition coefficient (Wildman–Crippen LogP) is 5.39. The molecule has 2 saturated heterocycles. The summed E-state index contributed by atoms with van der Waals surface area (Å²) in [6.07, 6.45) is 5.79. The van der Waals surface area contributed by atoms with Gasteiger partial charge in [-0.15, -0.1) is 0 Å². The number of benzene rings is 1. The Morgan fingerprint density at radius 2 is 1.89 bits per heavy atom. The van der Waals surface area contributed by atoms with Crippen molar-refractivity contribution < 1.29 is 9.13 Å². The second kappa shape index (κ2) is 9.72. The third-order valence-electron chi connectivity index (χ3n) is 7.35. The van der Waals surface area contributed by atoms with Crippen LogP contribution in [0.15, 0.2) is 55.0 Å². The van der Waals surface area contributed by atoms with Gasteiger partial charge >= 0.3 is 0 Å². The van der Waals surface area contributed by atoms with E-state index in [0.29, 0.717) is 28.4 Å². The average Bonchev–Trinajstić information content (AvgIpc) is 3.64. The highest BCUT2D eigenvalue weighted by atomic mass is 35.5. The third kappa shape index (κ3) is 4.44. The smallest absolute Gasteiger partial charge is 0.166 e. The zero-order chi connectivity index (χ0) is 26.6. The molecule has 196 valence electrons. The monoisotopic (exact) mass is 553 g/mol. The number of likely N-dealkylation sites (N-methyl/N-ethyl adjacent to an activating group) is 1. The number of halogens is 3. The summed E-state index contributed by atoms with van der Waals surface area (Å²) in [6.45, 7) is 3.78. The molecule has 2 bridgehead atoms. The first-order valence-electron chi connectivity index (χ1n) is 12.3. The topological polar surface area (TPSA) is 85.3 Å². The molecule has 0 saturated carbocycles. The summed E-state index contributed by atoms with van der Waals surface area (Å²) in [4.78, 5) is 14.0. The van der Waals surface area contributed by atoms with Crippen LogP contribution in [0.1, 0.15) is 25.0 Å². The summed E-state index contributed by atoms with van der Waals surface area (Å²) in [5, 5.41) is 4.75. The van der Waals surface area contributed by atoms with Crippen molar-refractivity contribution in [3.63, 3.8) is 0 Å². The van der Waals surface area contributed by atoms with Crippen LogP contribution in [0.3, 0.4) is 0 Å². The SMILES string of the molecule is C[C@H](Oc1cc(-c2cnn(-c3cccc(N4C[C@@H]5C[C@H]4CN5C)n3)c2)cnc1N)c1c(Cl)ccc(F)c1Cl. The predicted molar refractivity (Wildman–Crippen MR) is 147 cm³/mol. The number of hydrogen-bond donors (Lipinski definition) is 1. The molecule has 5 heterocycles. The zero-order valence-corrected chi connectivity index (χ0v) is 22.4. The van der Waals surface area contributed by atoms with Crippen molar-refractivity contribution in [2.45, 2.75) is 31.5 Å². The first-order valence-corrected chi connectivity index (χ1v) is 13.1. The van der Waals surface area contributed by atoms with Crippen molar-refractivity contribution in [1.82, 2.24) is 24.6 Å². The number of likely N-dealkylation sites (tertiary alicyclic amines) is 1. The van der Waals surface area contributed by atoms with E-state index in [1.165, 1.54) is 18.6 Å². The first kappa shape index (κ1) is 24.9. The van der Waals surface area contributed by atoms with Crippen LogP contribution in [0, 0.1) is 5.82 Å². The number of aromatic nitrogens is 4. The fourth-order valence-corrected chi connectivity index (χ4v) is 5.99. The molecule has 0 radical (unpaired) electrons. The molecule has 38 heavy (non-hydrogen) atoms. The molecular weight excluding hydrogens is 528 g/mol. The molecule has 0 aliphatic carbocycles. The summed E-state index contributed by atoms with van der Waals surface area (Å²) >= 11 is 12.4. The van der Waals surface area contributed by atoms with E-state index >= 15 is 0 Å². The van der Waals surface area contributed by atoms with Crippen LogP contribution in [0.4, 0.5) is 16.0 Å². The fourth-order valence-electron chi connectivity index (χ4n) is 5.32. The third-order valence-corrected chi connectivity index (χ3v) is 8.06.